The Kier molecular flexibility index (Phi) is 10.3. The molecule has 21 heavy (non-hydrogen) atoms. The lowest BCUT2D eigenvalue weighted by molar-refractivity contribution is -0.144. The molecule has 0 saturated carbocycles. The zero-order valence-electron chi connectivity index (χ0n) is 12.6. The Morgan fingerprint density at radius 2 is 1.52 bits per heavy atom. The second-order valence-electron chi connectivity index (χ2n) is 4.32. The highest BCUT2D eigenvalue weighted by molar-refractivity contribution is 5.69. The highest BCUT2D eigenvalue weighted by Crippen LogP contribution is 1.99. The third-order valence-corrected chi connectivity index (χ3v) is 2.61. The van der Waals surface area contributed by atoms with E-state index in [1.165, 1.54) is 0 Å². The van der Waals surface area contributed by atoms with Gasteiger partial charge in [0.05, 0.1) is 52.7 Å². The van der Waals surface area contributed by atoms with Crippen molar-refractivity contribution in [3.05, 3.63) is 35.9 Å². The maximum Gasteiger partial charge on any atom is 0.308 e. The molecule has 118 valence electrons. The summed E-state index contributed by atoms with van der Waals surface area (Å²) in [5.41, 5.74) is 1.15. The van der Waals surface area contributed by atoms with E-state index in [0.717, 1.165) is 5.56 Å². The van der Waals surface area contributed by atoms with E-state index in [4.69, 9.17) is 18.9 Å². The zero-order chi connectivity index (χ0) is 15.2. The average molecular weight is 296 g/mol. The zero-order valence-corrected chi connectivity index (χ0v) is 12.6. The first-order valence-electron chi connectivity index (χ1n) is 7.25. The molecule has 0 N–H and O–H groups in total. The molecule has 5 heteroatoms. The molecule has 5 nitrogen and oxygen atoms in total. The summed E-state index contributed by atoms with van der Waals surface area (Å²) in [5.74, 6) is -0.229. The third kappa shape index (κ3) is 10.0. The summed E-state index contributed by atoms with van der Waals surface area (Å²) in [4.78, 5) is 11.0. The van der Waals surface area contributed by atoms with E-state index < -0.39 is 0 Å². The van der Waals surface area contributed by atoms with Crippen LogP contribution in [0.25, 0.3) is 0 Å². The minimum atomic E-state index is -0.229. The molecule has 0 radical (unpaired) electrons. The number of hydrogen-bond donors (Lipinski definition) is 0. The Bertz CT molecular complexity index is 366. The van der Waals surface area contributed by atoms with Gasteiger partial charge in [0, 0.05) is 0 Å². The predicted molar refractivity (Wildman–Crippen MR) is 79.0 cm³/mol. The van der Waals surface area contributed by atoms with Crippen LogP contribution in [0, 0.1) is 0 Å². The molecule has 0 atom stereocenters. The van der Waals surface area contributed by atoms with Crippen LogP contribution in [0.3, 0.4) is 0 Å². The number of benzene rings is 1. The minimum absolute atomic E-state index is 0.229. The summed E-state index contributed by atoms with van der Waals surface area (Å²) >= 11 is 0. The van der Waals surface area contributed by atoms with Crippen LogP contribution >= 0.6 is 0 Å². The summed E-state index contributed by atoms with van der Waals surface area (Å²) in [6.07, 6.45) is 0.286. The Hall–Kier alpha value is -1.43. The van der Waals surface area contributed by atoms with Crippen molar-refractivity contribution in [2.45, 2.75) is 20.0 Å². The third-order valence-electron chi connectivity index (χ3n) is 2.61. The minimum Gasteiger partial charge on any atom is -0.466 e. The second-order valence-corrected chi connectivity index (χ2v) is 4.32. The van der Waals surface area contributed by atoms with E-state index >= 15 is 0 Å². The van der Waals surface area contributed by atoms with E-state index in [1.54, 1.807) is 6.92 Å². The van der Waals surface area contributed by atoms with Crippen molar-refractivity contribution >= 4 is 5.97 Å². The molecule has 0 aromatic heterocycles. The molecule has 0 aliphatic carbocycles. The molecule has 1 aromatic carbocycles. The van der Waals surface area contributed by atoms with Gasteiger partial charge in [-0.3, -0.25) is 4.79 Å². The standard InChI is InChI=1S/C16H24O5/c1-2-21-16(17)8-9-18-10-11-19-12-13-20-14-15-6-4-3-5-7-15/h3-7H,2,8-14H2,1H3. The normalized spacial score (nSPS) is 10.5. The molecule has 0 heterocycles. The van der Waals surface area contributed by atoms with Crippen molar-refractivity contribution < 1.29 is 23.7 Å². The summed E-state index contributed by atoms with van der Waals surface area (Å²) in [5, 5.41) is 0. The predicted octanol–water partition coefficient (Wildman–Crippen LogP) is 2.19. The molecule has 0 aliphatic rings. The number of esters is 1. The van der Waals surface area contributed by atoms with Gasteiger partial charge in [-0.2, -0.15) is 0 Å². The molecule has 0 unspecified atom stereocenters. The SMILES string of the molecule is CCOC(=O)CCOCCOCCOCc1ccccc1. The quantitative estimate of drug-likeness (QED) is 0.437. The lowest BCUT2D eigenvalue weighted by Crippen LogP contribution is -2.12. The maximum atomic E-state index is 11.0. The van der Waals surface area contributed by atoms with E-state index in [-0.39, 0.29) is 12.4 Å². The molecule has 0 bridgehead atoms. The fourth-order valence-corrected chi connectivity index (χ4v) is 1.59. The Balaban J connectivity index is 1.82. The summed E-state index contributed by atoms with van der Waals surface area (Å²) in [7, 11) is 0. The van der Waals surface area contributed by atoms with Crippen LogP contribution in [0.1, 0.15) is 18.9 Å². The molecule has 1 rings (SSSR count). The van der Waals surface area contributed by atoms with Gasteiger partial charge in [-0.25, -0.2) is 0 Å². The number of rotatable bonds is 12. The monoisotopic (exact) mass is 296 g/mol. The molecular weight excluding hydrogens is 272 g/mol. The average Bonchev–Trinajstić information content (AvgIpc) is 2.50. The summed E-state index contributed by atoms with van der Waals surface area (Å²) < 4.78 is 20.9. The highest BCUT2D eigenvalue weighted by Gasteiger charge is 2.00. The van der Waals surface area contributed by atoms with Crippen molar-refractivity contribution in [2.24, 2.45) is 0 Å². The first kappa shape index (κ1) is 17.6. The molecular formula is C16H24O5. The second kappa shape index (κ2) is 12.3. The Labute approximate surface area is 126 Å². The van der Waals surface area contributed by atoms with E-state index in [0.29, 0.717) is 46.2 Å². The maximum absolute atomic E-state index is 11.0. The molecule has 0 spiro atoms. The Morgan fingerprint density at radius 3 is 2.19 bits per heavy atom. The van der Waals surface area contributed by atoms with Gasteiger partial charge in [0.15, 0.2) is 0 Å². The van der Waals surface area contributed by atoms with Crippen LogP contribution in [-0.4, -0.2) is 45.6 Å². The number of hydrogen-bond acceptors (Lipinski definition) is 5. The largest absolute Gasteiger partial charge is 0.466 e. The summed E-state index contributed by atoms with van der Waals surface area (Å²) in [6, 6.07) is 10.0. The first-order valence-corrected chi connectivity index (χ1v) is 7.25. The topological polar surface area (TPSA) is 54.0 Å². The Morgan fingerprint density at radius 1 is 0.905 bits per heavy atom. The number of carbonyl (C=O) groups excluding carboxylic acids is 1. The van der Waals surface area contributed by atoms with E-state index in [1.807, 2.05) is 30.3 Å². The van der Waals surface area contributed by atoms with Crippen LogP contribution in [0.5, 0.6) is 0 Å². The molecule has 0 saturated heterocycles. The van der Waals surface area contributed by atoms with Gasteiger partial charge in [-0.1, -0.05) is 30.3 Å². The molecule has 0 fully saturated rings. The van der Waals surface area contributed by atoms with E-state index in [9.17, 15) is 4.79 Å². The molecule has 0 aliphatic heterocycles. The van der Waals surface area contributed by atoms with Crippen molar-refractivity contribution in [2.75, 3.05) is 39.6 Å². The highest BCUT2D eigenvalue weighted by atomic mass is 16.5. The van der Waals surface area contributed by atoms with Crippen molar-refractivity contribution in [1.29, 1.82) is 0 Å². The lowest BCUT2D eigenvalue weighted by Gasteiger charge is -2.07. The smallest absolute Gasteiger partial charge is 0.308 e. The first-order chi connectivity index (χ1) is 10.3. The van der Waals surface area contributed by atoms with Crippen LogP contribution in [0.15, 0.2) is 30.3 Å². The van der Waals surface area contributed by atoms with E-state index in [2.05, 4.69) is 0 Å². The van der Waals surface area contributed by atoms with Gasteiger partial charge in [0.2, 0.25) is 0 Å². The van der Waals surface area contributed by atoms with Crippen LogP contribution in [-0.2, 0) is 30.3 Å². The van der Waals surface area contributed by atoms with Gasteiger partial charge in [0.25, 0.3) is 0 Å². The molecule has 1 aromatic rings. The number of carbonyl (C=O) groups is 1. The van der Waals surface area contributed by atoms with Crippen LogP contribution in [0.2, 0.25) is 0 Å². The fraction of sp³-hybridized carbons (Fsp3) is 0.562. The van der Waals surface area contributed by atoms with Crippen LogP contribution in [0.4, 0.5) is 0 Å². The van der Waals surface area contributed by atoms with Crippen molar-refractivity contribution in [1.82, 2.24) is 0 Å². The summed E-state index contributed by atoms with van der Waals surface area (Å²) in [6.45, 7) is 5.21. The van der Waals surface area contributed by atoms with Crippen molar-refractivity contribution in [3.63, 3.8) is 0 Å². The lowest BCUT2D eigenvalue weighted by atomic mass is 10.2. The van der Waals surface area contributed by atoms with Gasteiger partial charge in [0.1, 0.15) is 0 Å². The molecule has 0 amide bonds. The van der Waals surface area contributed by atoms with Gasteiger partial charge in [-0.15, -0.1) is 0 Å². The van der Waals surface area contributed by atoms with Crippen LogP contribution < -0.4 is 0 Å². The van der Waals surface area contributed by atoms with Gasteiger partial charge in [-0.05, 0) is 12.5 Å². The fourth-order valence-electron chi connectivity index (χ4n) is 1.59. The van der Waals surface area contributed by atoms with Gasteiger partial charge < -0.3 is 18.9 Å². The van der Waals surface area contributed by atoms with Crippen molar-refractivity contribution in [3.8, 4) is 0 Å². The van der Waals surface area contributed by atoms with Gasteiger partial charge >= 0.3 is 5.97 Å². The number of ether oxygens (including phenoxy) is 4.